The smallest absolute Gasteiger partial charge is 0.312 e. The van der Waals surface area contributed by atoms with Gasteiger partial charge in [-0.1, -0.05) is 288 Å². The third-order valence-electron chi connectivity index (χ3n) is 29.2. The van der Waals surface area contributed by atoms with Crippen molar-refractivity contribution in [2.45, 2.75) is 617 Å². The van der Waals surface area contributed by atoms with Gasteiger partial charge in [-0.3, -0.25) is 28.8 Å². The Hall–Kier alpha value is -3.18. The third kappa shape index (κ3) is 45.0. The van der Waals surface area contributed by atoms with Crippen LogP contribution in [-0.2, 0) is 57.2 Å². The maximum absolute atomic E-state index is 12.5. The number of rotatable bonds is 20. The zero-order chi connectivity index (χ0) is 82.0. The average molecular weight is 1720 g/mol. The minimum Gasteiger partial charge on any atom is -0.459 e. The Morgan fingerprint density at radius 2 is 0.483 bits per heavy atom. The van der Waals surface area contributed by atoms with Crippen molar-refractivity contribution in [3.63, 3.8) is 0 Å². The molecule has 7 aliphatic carbocycles. The number of fused-ring (bicyclic) bond motifs is 2. The third-order valence-corrected chi connectivity index (χ3v) is 29.2. The molecule has 0 aromatic heterocycles. The molecule has 12 heteroatoms. The Balaban J connectivity index is -0.000000130. The number of hydrogen-bond donors (Lipinski definition) is 0. The lowest BCUT2D eigenvalue weighted by Gasteiger charge is -2.46. The van der Waals surface area contributed by atoms with Crippen molar-refractivity contribution in [1.82, 2.24) is 0 Å². The summed E-state index contributed by atoms with van der Waals surface area (Å²) in [7, 11) is 0. The molecule has 0 amide bonds. The molecule has 0 aromatic rings. The lowest BCUT2D eigenvalue weighted by molar-refractivity contribution is -0.185. The maximum Gasteiger partial charge on any atom is 0.312 e. The Morgan fingerprint density at radius 3 is 0.675 bits per heavy atom. The summed E-state index contributed by atoms with van der Waals surface area (Å²) in [5.74, 6) is 0.650. The first-order chi connectivity index (χ1) is 50.3. The van der Waals surface area contributed by atoms with Gasteiger partial charge < -0.3 is 28.4 Å². The van der Waals surface area contributed by atoms with E-state index in [1.165, 1.54) is 193 Å². The van der Waals surface area contributed by atoms with Gasteiger partial charge in [0.1, 0.15) is 33.6 Å². The van der Waals surface area contributed by atoms with E-state index < -0.39 is 0 Å². The van der Waals surface area contributed by atoms with Crippen molar-refractivity contribution in [2.24, 2.45) is 49.7 Å². The van der Waals surface area contributed by atoms with Crippen molar-refractivity contribution < 1.29 is 57.2 Å². The molecule has 12 nitrogen and oxygen atoms in total. The SMILES string of the molecule is C.C.C.C.C.C.C.C.C.C.C.C.CCC(C)(C)C(=O)OC1(C)CC2CCC1(C)C2(C)C.CCC(C)(C)C(=O)OC1(C)CCCCCC1.CCC(C)(C)C(=O)OC1(C)CCCCCCCCC1.CCC(C)(C)C(=O)OC1(C)CCCCCCCCCCC1.CCC(C)C(=O)OC1(CC)CCCCCC1.CCC1(OC(=O)C(C)(C)CC)CCCCCC1. The van der Waals surface area contributed by atoms with Gasteiger partial charge in [0.15, 0.2) is 0 Å². The molecule has 0 heterocycles. The predicted octanol–water partition coefficient (Wildman–Crippen LogP) is 36.1. The summed E-state index contributed by atoms with van der Waals surface area (Å²) in [4.78, 5) is 73.4. The van der Waals surface area contributed by atoms with Gasteiger partial charge in [-0.05, 0) is 307 Å². The van der Waals surface area contributed by atoms with Gasteiger partial charge in [-0.15, -0.1) is 0 Å². The largest absolute Gasteiger partial charge is 0.459 e. The van der Waals surface area contributed by atoms with Gasteiger partial charge in [0.05, 0.1) is 33.0 Å². The summed E-state index contributed by atoms with van der Waals surface area (Å²) < 4.78 is 35.5. The zero-order valence-electron chi connectivity index (χ0n) is 76.2. The first kappa shape index (κ1) is 140. The molecule has 0 spiro atoms. The van der Waals surface area contributed by atoms with Crippen molar-refractivity contribution in [3.05, 3.63) is 0 Å². The highest BCUT2D eigenvalue weighted by Crippen LogP contribution is 2.71. The summed E-state index contributed by atoms with van der Waals surface area (Å²) in [6.45, 7) is 54.0. The molecular formula is C108H226O12. The highest BCUT2D eigenvalue weighted by molar-refractivity contribution is 5.78. The number of hydrogen-bond acceptors (Lipinski definition) is 12. The Kier molecular flexibility index (Phi) is 75.3. The van der Waals surface area contributed by atoms with Crippen LogP contribution in [0.3, 0.4) is 0 Å². The van der Waals surface area contributed by atoms with E-state index in [9.17, 15) is 28.8 Å². The predicted molar refractivity (Wildman–Crippen MR) is 531 cm³/mol. The number of esters is 6. The molecule has 0 saturated heterocycles. The number of carbonyl (C=O) groups is 6. The molecule has 120 heavy (non-hydrogen) atoms. The van der Waals surface area contributed by atoms with E-state index in [2.05, 4.69) is 83.1 Å². The van der Waals surface area contributed by atoms with Crippen LogP contribution in [0.5, 0.6) is 0 Å². The van der Waals surface area contributed by atoms with Gasteiger partial charge >= 0.3 is 35.8 Å². The van der Waals surface area contributed by atoms with E-state index in [1.807, 2.05) is 96.9 Å². The van der Waals surface area contributed by atoms with Gasteiger partial charge in [-0.2, -0.15) is 0 Å². The van der Waals surface area contributed by atoms with Crippen LogP contribution in [0.2, 0.25) is 0 Å². The standard InChI is InChI=1S/C19H36O2.C17H30O2.C17H32O2.C15H28O2.2C14H26O2.12CH4/c1-5-18(2,3)17(20)21-19(4)15-13-11-9-7-6-8-10-12-14-16-19;1-8-14(2,3)13(18)19-17(7)11-12-9-10-16(17,6)15(12,4)5;1-5-16(2,3)15(18)19-17(4)13-11-9-7-6-8-10-12-14-17;1-5-14(3,4)13(16)17-15(6-2)11-9-7-8-10-12-15;1-5-13(2,3)12(15)16-14(4)10-8-6-7-9-11-14;1-4-12(3)13(15)16-14(5-2)10-8-6-7-9-11-14;;;;;;;;;;;;/h5-16H2,1-4H3;12H,8-11H2,1-7H3;5-14H2,1-4H3;5-12H2,1-4H3;5-11H2,1-4H3;12H,4-11H2,1-3H3;12*1H4. The highest BCUT2D eigenvalue weighted by atomic mass is 16.6. The second kappa shape index (κ2) is 64.5. The molecule has 0 N–H and O–H groups in total. The molecule has 2 bridgehead atoms. The Bertz CT molecular complexity index is 2560. The molecular weight excluding hydrogens is 1490 g/mol. The number of carbonyl (C=O) groups excluding carboxylic acids is 6. The first-order valence-electron chi connectivity index (χ1n) is 45.7. The quantitative estimate of drug-likeness (QED) is 0.0646. The van der Waals surface area contributed by atoms with Crippen molar-refractivity contribution in [3.8, 4) is 0 Å². The fraction of sp³-hybridized carbons (Fsp3) is 0.944. The molecule has 7 saturated carbocycles. The summed E-state index contributed by atoms with van der Waals surface area (Å²) >= 11 is 0. The summed E-state index contributed by atoms with van der Waals surface area (Å²) in [5, 5.41) is 0. The van der Waals surface area contributed by atoms with Crippen LogP contribution in [-0.4, -0.2) is 69.4 Å². The second-order valence-corrected chi connectivity index (χ2v) is 40.4. The van der Waals surface area contributed by atoms with Crippen LogP contribution in [0, 0.1) is 49.7 Å². The molecule has 4 unspecified atom stereocenters. The van der Waals surface area contributed by atoms with E-state index in [1.54, 1.807) is 0 Å². The van der Waals surface area contributed by atoms with E-state index in [4.69, 9.17) is 28.4 Å². The fourth-order valence-electron chi connectivity index (χ4n) is 16.7. The topological polar surface area (TPSA) is 158 Å². The number of ether oxygens (including phenoxy) is 6. The molecule has 0 aliphatic heterocycles. The molecule has 7 rings (SSSR count). The van der Waals surface area contributed by atoms with Crippen LogP contribution in [0.4, 0.5) is 0 Å². The van der Waals surface area contributed by atoms with Crippen LogP contribution in [0.25, 0.3) is 0 Å². The molecule has 0 radical (unpaired) electrons. The molecule has 7 fully saturated rings. The van der Waals surface area contributed by atoms with Gasteiger partial charge in [0, 0.05) is 5.41 Å². The van der Waals surface area contributed by atoms with E-state index in [0.717, 1.165) is 122 Å². The van der Waals surface area contributed by atoms with Crippen molar-refractivity contribution >= 4 is 35.8 Å². The highest BCUT2D eigenvalue weighted by Gasteiger charge is 2.69. The minimum absolute atomic E-state index is 0. The minimum atomic E-state index is -0.370. The van der Waals surface area contributed by atoms with Crippen molar-refractivity contribution in [1.29, 1.82) is 0 Å². The normalized spacial score (nSPS) is 22.4. The Labute approximate surface area is 755 Å². The monoisotopic (exact) mass is 1720 g/mol. The van der Waals surface area contributed by atoms with E-state index >= 15 is 0 Å². The van der Waals surface area contributed by atoms with Crippen molar-refractivity contribution in [2.75, 3.05) is 0 Å². The maximum atomic E-state index is 12.5. The summed E-state index contributed by atoms with van der Waals surface area (Å²) in [6, 6.07) is 0. The second-order valence-electron chi connectivity index (χ2n) is 40.4. The fourth-order valence-corrected chi connectivity index (χ4v) is 16.7. The van der Waals surface area contributed by atoms with Crippen LogP contribution >= 0.6 is 0 Å². The lowest BCUT2D eigenvalue weighted by atomic mass is 9.65. The first-order valence-corrected chi connectivity index (χ1v) is 45.7. The van der Waals surface area contributed by atoms with Gasteiger partial charge in [-0.25, -0.2) is 0 Å². The van der Waals surface area contributed by atoms with E-state index in [-0.39, 0.29) is 202 Å². The molecule has 4 atom stereocenters. The van der Waals surface area contributed by atoms with Gasteiger partial charge in [0.25, 0.3) is 0 Å². The molecule has 730 valence electrons. The summed E-state index contributed by atoms with van der Waals surface area (Å²) in [6.07, 6.45) is 56.5. The zero-order valence-corrected chi connectivity index (χ0v) is 76.2. The molecule has 0 aromatic carbocycles. The summed E-state index contributed by atoms with van der Waals surface area (Å²) in [5.41, 5.74) is -2.65. The van der Waals surface area contributed by atoms with Crippen LogP contribution in [0.15, 0.2) is 0 Å². The average Bonchev–Trinajstić information content (AvgIpc) is 1.53. The lowest BCUT2D eigenvalue weighted by Crippen LogP contribution is -2.49. The Morgan fingerprint density at radius 1 is 0.283 bits per heavy atom. The molecule has 7 aliphatic rings. The van der Waals surface area contributed by atoms with Gasteiger partial charge in [0.2, 0.25) is 0 Å². The van der Waals surface area contributed by atoms with E-state index in [0.29, 0.717) is 5.92 Å². The van der Waals surface area contributed by atoms with Crippen LogP contribution in [0.1, 0.15) is 584 Å². The van der Waals surface area contributed by atoms with Crippen LogP contribution < -0.4 is 0 Å².